The molecule has 1 heterocycles. The molecule has 1 N–H and O–H groups in total. The zero-order chi connectivity index (χ0) is 17.9. The Labute approximate surface area is 139 Å². The van der Waals surface area contributed by atoms with Gasteiger partial charge in [-0.3, -0.25) is 4.79 Å². The number of benzene rings is 1. The predicted molar refractivity (Wildman–Crippen MR) is 87.3 cm³/mol. The largest absolute Gasteiger partial charge is 0.465 e. The topological polar surface area (TPSA) is 85.5 Å². The number of rotatable bonds is 5. The van der Waals surface area contributed by atoms with E-state index in [1.54, 1.807) is 44.2 Å². The lowest BCUT2D eigenvalue weighted by atomic mass is 10.1. The van der Waals surface area contributed by atoms with Crippen molar-refractivity contribution in [1.29, 1.82) is 0 Å². The Kier molecular flexibility index (Phi) is 5.18. The van der Waals surface area contributed by atoms with Crippen molar-refractivity contribution in [3.05, 3.63) is 58.4 Å². The molecular weight excluding hydrogens is 310 g/mol. The Bertz CT molecular complexity index is 776. The summed E-state index contributed by atoms with van der Waals surface area (Å²) in [4.78, 5) is 39.3. The minimum Gasteiger partial charge on any atom is -0.465 e. The highest BCUT2D eigenvalue weighted by atomic mass is 16.5. The number of hydrogen-bond donors (Lipinski definition) is 1. The third-order valence-electron chi connectivity index (χ3n) is 3.74. The number of aromatic amines is 1. The Hall–Kier alpha value is -2.89. The number of carbonyl (C=O) groups excluding carboxylic acids is 3. The molecule has 0 amide bonds. The highest BCUT2D eigenvalue weighted by Crippen LogP contribution is 2.21. The van der Waals surface area contributed by atoms with Crippen LogP contribution in [0, 0.1) is 13.8 Å². The van der Waals surface area contributed by atoms with E-state index in [1.165, 1.54) is 14.0 Å². The number of methoxy groups -OCH3 is 1. The molecule has 0 fully saturated rings. The number of H-pyrrole nitrogens is 1. The number of aryl methyl sites for hydroxylation is 1. The smallest absolute Gasteiger partial charge is 0.339 e. The summed E-state index contributed by atoms with van der Waals surface area (Å²) in [6.45, 7) is 4.82. The first kappa shape index (κ1) is 17.5. The Morgan fingerprint density at radius 2 is 1.67 bits per heavy atom. The van der Waals surface area contributed by atoms with Gasteiger partial charge in [-0.15, -0.1) is 0 Å². The lowest BCUT2D eigenvalue weighted by molar-refractivity contribution is 0.0316. The average Bonchev–Trinajstić information content (AvgIpc) is 2.88. The number of ether oxygens (including phenoxy) is 2. The van der Waals surface area contributed by atoms with Crippen LogP contribution in [0.4, 0.5) is 0 Å². The van der Waals surface area contributed by atoms with Crippen LogP contribution in [0.5, 0.6) is 0 Å². The Balaban J connectivity index is 2.20. The van der Waals surface area contributed by atoms with Gasteiger partial charge in [0.05, 0.1) is 23.9 Å². The maximum absolute atomic E-state index is 12.5. The quantitative estimate of drug-likeness (QED) is 0.673. The van der Waals surface area contributed by atoms with Crippen molar-refractivity contribution < 1.29 is 23.9 Å². The van der Waals surface area contributed by atoms with Gasteiger partial charge in [-0.25, -0.2) is 9.59 Å². The molecule has 0 bridgehead atoms. The van der Waals surface area contributed by atoms with Crippen molar-refractivity contribution in [3.8, 4) is 0 Å². The maximum Gasteiger partial charge on any atom is 0.339 e. The van der Waals surface area contributed by atoms with Crippen molar-refractivity contribution in [3.63, 3.8) is 0 Å². The molecule has 0 saturated heterocycles. The van der Waals surface area contributed by atoms with Crippen LogP contribution in [0.25, 0.3) is 0 Å². The van der Waals surface area contributed by atoms with E-state index in [1.807, 2.05) is 0 Å². The molecule has 1 unspecified atom stereocenters. The van der Waals surface area contributed by atoms with Crippen LogP contribution in [-0.2, 0) is 9.47 Å². The molecule has 0 saturated carbocycles. The first-order chi connectivity index (χ1) is 11.4. The van der Waals surface area contributed by atoms with E-state index in [0.717, 1.165) is 0 Å². The van der Waals surface area contributed by atoms with Crippen LogP contribution in [0.2, 0.25) is 0 Å². The summed E-state index contributed by atoms with van der Waals surface area (Å²) in [6, 6.07) is 8.43. The van der Waals surface area contributed by atoms with Crippen LogP contribution in [0.3, 0.4) is 0 Å². The summed E-state index contributed by atoms with van der Waals surface area (Å²) in [5.41, 5.74) is 1.94. The zero-order valence-electron chi connectivity index (χ0n) is 14.0. The normalized spacial score (nSPS) is 11.7. The second kappa shape index (κ2) is 7.12. The van der Waals surface area contributed by atoms with Crippen molar-refractivity contribution in [2.75, 3.05) is 7.11 Å². The van der Waals surface area contributed by atoms with Crippen molar-refractivity contribution in [2.24, 2.45) is 0 Å². The van der Waals surface area contributed by atoms with Gasteiger partial charge in [0, 0.05) is 5.69 Å². The van der Waals surface area contributed by atoms with E-state index in [4.69, 9.17) is 9.47 Å². The van der Waals surface area contributed by atoms with E-state index in [2.05, 4.69) is 4.98 Å². The molecule has 6 nitrogen and oxygen atoms in total. The summed E-state index contributed by atoms with van der Waals surface area (Å²) < 4.78 is 9.94. The van der Waals surface area contributed by atoms with Gasteiger partial charge >= 0.3 is 11.9 Å². The molecular formula is C18H19NO5. The van der Waals surface area contributed by atoms with Gasteiger partial charge in [0.25, 0.3) is 0 Å². The standard InChI is InChI=1S/C18H19NO5/c1-10-14(18(22)23-4)11(2)19-15(10)16(20)12(3)24-17(21)13-8-6-5-7-9-13/h5-9,12,19H,1-4H3. The molecule has 1 aromatic heterocycles. The van der Waals surface area contributed by atoms with E-state index < -0.39 is 23.8 Å². The average molecular weight is 329 g/mol. The first-order valence-electron chi connectivity index (χ1n) is 7.44. The summed E-state index contributed by atoms with van der Waals surface area (Å²) in [7, 11) is 1.28. The molecule has 0 aliphatic carbocycles. The minimum atomic E-state index is -0.986. The summed E-state index contributed by atoms with van der Waals surface area (Å²) in [6.07, 6.45) is -0.986. The second-order valence-corrected chi connectivity index (χ2v) is 5.39. The lowest BCUT2D eigenvalue weighted by Crippen LogP contribution is -2.25. The third-order valence-corrected chi connectivity index (χ3v) is 3.74. The molecule has 2 rings (SSSR count). The van der Waals surface area contributed by atoms with Gasteiger partial charge < -0.3 is 14.5 Å². The van der Waals surface area contributed by atoms with Gasteiger partial charge in [-0.2, -0.15) is 0 Å². The van der Waals surface area contributed by atoms with Crippen LogP contribution in [-0.4, -0.2) is 35.9 Å². The fraction of sp³-hybridized carbons (Fsp3) is 0.278. The molecule has 0 radical (unpaired) electrons. The number of esters is 2. The van der Waals surface area contributed by atoms with E-state index in [-0.39, 0.29) is 5.69 Å². The fourth-order valence-corrected chi connectivity index (χ4v) is 2.46. The fourth-order valence-electron chi connectivity index (χ4n) is 2.46. The van der Waals surface area contributed by atoms with Gasteiger partial charge in [-0.05, 0) is 38.5 Å². The molecule has 0 aliphatic heterocycles. The predicted octanol–water partition coefficient (Wildman–Crippen LogP) is 2.85. The number of hydrogen-bond acceptors (Lipinski definition) is 5. The molecule has 126 valence electrons. The second-order valence-electron chi connectivity index (χ2n) is 5.39. The van der Waals surface area contributed by atoms with E-state index >= 15 is 0 Å². The molecule has 0 spiro atoms. The van der Waals surface area contributed by atoms with Crippen molar-refractivity contribution in [1.82, 2.24) is 4.98 Å². The molecule has 1 atom stereocenters. The number of Topliss-reactive ketones (excluding diaryl/α,β-unsaturated/α-hetero) is 1. The van der Waals surface area contributed by atoms with Crippen molar-refractivity contribution >= 4 is 17.7 Å². The lowest BCUT2D eigenvalue weighted by Gasteiger charge is -2.12. The summed E-state index contributed by atoms with van der Waals surface area (Å²) in [5.74, 6) is -1.50. The SMILES string of the molecule is COC(=O)c1c(C)[nH]c(C(=O)C(C)OC(=O)c2ccccc2)c1C. The van der Waals surface area contributed by atoms with E-state index in [9.17, 15) is 14.4 Å². The maximum atomic E-state index is 12.5. The number of ketones is 1. The Morgan fingerprint density at radius 1 is 1.04 bits per heavy atom. The highest BCUT2D eigenvalue weighted by Gasteiger charge is 2.27. The van der Waals surface area contributed by atoms with Gasteiger partial charge in [0.15, 0.2) is 6.10 Å². The number of nitrogens with one attached hydrogen (secondary N) is 1. The first-order valence-corrected chi connectivity index (χ1v) is 7.44. The van der Waals surface area contributed by atoms with Gasteiger partial charge in [-0.1, -0.05) is 18.2 Å². The molecule has 0 aliphatic rings. The molecule has 24 heavy (non-hydrogen) atoms. The zero-order valence-corrected chi connectivity index (χ0v) is 14.0. The van der Waals surface area contributed by atoms with Crippen molar-refractivity contribution in [2.45, 2.75) is 26.9 Å². The number of aromatic nitrogens is 1. The Morgan fingerprint density at radius 3 is 2.25 bits per heavy atom. The summed E-state index contributed by atoms with van der Waals surface area (Å²) >= 11 is 0. The number of carbonyl (C=O) groups is 3. The van der Waals surface area contributed by atoms with Gasteiger partial charge in [0.1, 0.15) is 0 Å². The highest BCUT2D eigenvalue weighted by molar-refractivity contribution is 6.04. The van der Waals surface area contributed by atoms with Crippen LogP contribution < -0.4 is 0 Å². The molecule has 2 aromatic rings. The minimum absolute atomic E-state index is 0.237. The van der Waals surface area contributed by atoms with E-state index in [0.29, 0.717) is 22.4 Å². The van der Waals surface area contributed by atoms with Crippen LogP contribution >= 0.6 is 0 Å². The summed E-state index contributed by atoms with van der Waals surface area (Å²) in [5, 5.41) is 0. The monoisotopic (exact) mass is 329 g/mol. The third kappa shape index (κ3) is 3.37. The molecule has 1 aromatic carbocycles. The van der Waals surface area contributed by atoms with Crippen LogP contribution in [0.1, 0.15) is 49.4 Å². The van der Waals surface area contributed by atoms with Gasteiger partial charge in [0.2, 0.25) is 5.78 Å². The molecule has 6 heteroatoms. The van der Waals surface area contributed by atoms with Crippen LogP contribution in [0.15, 0.2) is 30.3 Å².